The lowest BCUT2D eigenvalue weighted by atomic mass is 10.0. The van der Waals surface area contributed by atoms with Gasteiger partial charge >= 0.3 is 0 Å². The van der Waals surface area contributed by atoms with Crippen LogP contribution in [0, 0.1) is 27.2 Å². The number of ketones is 1. The average Bonchev–Trinajstić information content (AvgIpc) is 2.72. The van der Waals surface area contributed by atoms with Crippen LogP contribution in [0.2, 0.25) is 0 Å². The van der Waals surface area contributed by atoms with Crippen molar-refractivity contribution in [2.24, 2.45) is 0 Å². The molecular weight excluding hydrogens is 276 g/mol. The molecular formula is C14H8N2O5. The van der Waals surface area contributed by atoms with Gasteiger partial charge in [-0.2, -0.15) is 0 Å². The molecule has 0 N–H and O–H groups in total. The molecule has 0 saturated carbocycles. The van der Waals surface area contributed by atoms with Crippen molar-refractivity contribution < 1.29 is 14.6 Å². The van der Waals surface area contributed by atoms with Crippen LogP contribution in [0.5, 0.6) is 0 Å². The number of benzene rings is 2. The van der Waals surface area contributed by atoms with Crippen molar-refractivity contribution in [3.63, 3.8) is 0 Å². The molecule has 0 unspecified atom stereocenters. The Kier molecular flexibility index (Phi) is 2.59. The van der Waals surface area contributed by atoms with Gasteiger partial charge in [0.05, 0.1) is 9.85 Å². The van der Waals surface area contributed by atoms with Crippen LogP contribution in [-0.2, 0) is 0 Å². The Labute approximate surface area is 118 Å². The molecule has 2 aromatic rings. The summed E-state index contributed by atoms with van der Waals surface area (Å²) in [7, 11) is 0. The Hall–Kier alpha value is -3.09. The second kappa shape index (κ2) is 4.20. The largest absolute Gasteiger partial charge is 0.289 e. The lowest BCUT2D eigenvalue weighted by molar-refractivity contribution is -0.385. The van der Waals surface area contributed by atoms with Gasteiger partial charge in [-0.1, -0.05) is 0 Å². The van der Waals surface area contributed by atoms with E-state index < -0.39 is 15.6 Å². The highest BCUT2D eigenvalue weighted by Gasteiger charge is 2.32. The molecule has 0 amide bonds. The number of fused-ring (bicyclic) bond motifs is 3. The van der Waals surface area contributed by atoms with Crippen molar-refractivity contribution in [2.45, 2.75) is 6.92 Å². The van der Waals surface area contributed by atoms with E-state index in [0.29, 0.717) is 11.1 Å². The lowest BCUT2D eigenvalue weighted by Crippen LogP contribution is -2.01. The summed E-state index contributed by atoms with van der Waals surface area (Å²) in [5.74, 6) is -0.412. The topological polar surface area (TPSA) is 103 Å². The Bertz CT molecular complexity index is 841. The number of non-ortho nitro benzene ring substituents is 1. The van der Waals surface area contributed by atoms with E-state index in [-0.39, 0.29) is 28.1 Å². The predicted octanol–water partition coefficient (Wildman–Crippen LogP) is 3.02. The van der Waals surface area contributed by atoms with Crippen LogP contribution >= 0.6 is 0 Å². The molecule has 7 heteroatoms. The summed E-state index contributed by atoms with van der Waals surface area (Å²) < 4.78 is 0. The fourth-order valence-electron chi connectivity index (χ4n) is 2.62. The number of nitrogens with zero attached hydrogens (tertiary/aromatic N) is 2. The van der Waals surface area contributed by atoms with Gasteiger partial charge in [0.1, 0.15) is 0 Å². The van der Waals surface area contributed by atoms with Crippen LogP contribution in [0.15, 0.2) is 30.3 Å². The molecule has 0 aromatic heterocycles. The Morgan fingerprint density at radius 1 is 0.905 bits per heavy atom. The minimum atomic E-state index is -0.578. The number of hydrogen-bond acceptors (Lipinski definition) is 5. The summed E-state index contributed by atoms with van der Waals surface area (Å²) in [5.41, 5.74) is 1.57. The minimum absolute atomic E-state index is 0.135. The van der Waals surface area contributed by atoms with Crippen molar-refractivity contribution in [2.75, 3.05) is 0 Å². The van der Waals surface area contributed by atoms with E-state index in [1.54, 1.807) is 0 Å². The normalized spacial score (nSPS) is 12.0. The van der Waals surface area contributed by atoms with E-state index in [4.69, 9.17) is 0 Å². The molecule has 1 aliphatic rings. The fourth-order valence-corrected chi connectivity index (χ4v) is 2.62. The van der Waals surface area contributed by atoms with E-state index in [1.165, 1.54) is 37.3 Å². The molecule has 0 spiro atoms. The van der Waals surface area contributed by atoms with Crippen LogP contribution in [-0.4, -0.2) is 15.6 Å². The van der Waals surface area contributed by atoms with Crippen LogP contribution in [0.1, 0.15) is 21.5 Å². The molecule has 0 heterocycles. The van der Waals surface area contributed by atoms with E-state index in [9.17, 15) is 25.0 Å². The Balaban J connectivity index is 2.27. The molecule has 0 fully saturated rings. The third-order valence-corrected chi connectivity index (χ3v) is 3.61. The van der Waals surface area contributed by atoms with Crippen LogP contribution in [0.25, 0.3) is 11.1 Å². The first kappa shape index (κ1) is 12.9. The highest BCUT2D eigenvalue weighted by atomic mass is 16.6. The summed E-state index contributed by atoms with van der Waals surface area (Å²) in [6, 6.07) is 6.89. The van der Waals surface area contributed by atoms with Crippen molar-refractivity contribution >= 4 is 17.2 Å². The first-order valence-electron chi connectivity index (χ1n) is 6.03. The smallest absolute Gasteiger partial charge is 0.273 e. The van der Waals surface area contributed by atoms with Gasteiger partial charge in [-0.05, 0) is 30.2 Å². The van der Waals surface area contributed by atoms with Gasteiger partial charge in [0.2, 0.25) is 0 Å². The first-order chi connectivity index (χ1) is 9.91. The maximum atomic E-state index is 12.4. The van der Waals surface area contributed by atoms with Crippen molar-refractivity contribution in [3.8, 4) is 11.1 Å². The Morgan fingerprint density at radius 2 is 1.57 bits per heavy atom. The summed E-state index contributed by atoms with van der Waals surface area (Å²) >= 11 is 0. The van der Waals surface area contributed by atoms with Crippen molar-refractivity contribution in [1.29, 1.82) is 0 Å². The lowest BCUT2D eigenvalue weighted by Gasteiger charge is -2.03. The van der Waals surface area contributed by atoms with Gasteiger partial charge < -0.3 is 0 Å². The monoisotopic (exact) mass is 284 g/mol. The third-order valence-electron chi connectivity index (χ3n) is 3.61. The standard InChI is InChI=1S/C14H8N2O5/c1-7-12(16(20)21)5-4-10-9-3-2-8(15(18)19)6-11(9)14(17)13(7)10/h2-6H,1H3. The summed E-state index contributed by atoms with van der Waals surface area (Å²) in [6.45, 7) is 1.51. The average molecular weight is 284 g/mol. The number of carbonyl (C=O) groups excluding carboxylic acids is 1. The number of hydrogen-bond donors (Lipinski definition) is 0. The van der Waals surface area contributed by atoms with Gasteiger partial charge in [0, 0.05) is 34.9 Å². The molecule has 3 rings (SSSR count). The zero-order valence-electron chi connectivity index (χ0n) is 10.8. The highest BCUT2D eigenvalue weighted by Crippen LogP contribution is 2.41. The molecule has 1 aliphatic carbocycles. The second-order valence-corrected chi connectivity index (χ2v) is 4.71. The number of nitro groups is 2. The van der Waals surface area contributed by atoms with Gasteiger partial charge in [-0.25, -0.2) is 0 Å². The fraction of sp³-hybridized carbons (Fsp3) is 0.0714. The molecule has 0 radical (unpaired) electrons. The molecule has 0 aliphatic heterocycles. The number of nitro benzene ring substituents is 2. The van der Waals surface area contributed by atoms with Gasteiger partial charge in [-0.3, -0.25) is 25.0 Å². The number of carbonyl (C=O) groups is 1. The van der Waals surface area contributed by atoms with Crippen molar-refractivity contribution in [1.82, 2.24) is 0 Å². The molecule has 104 valence electrons. The van der Waals surface area contributed by atoms with Crippen molar-refractivity contribution in [3.05, 3.63) is 67.3 Å². The molecule has 0 atom stereocenters. The zero-order chi connectivity index (χ0) is 15.3. The van der Waals surface area contributed by atoms with E-state index in [2.05, 4.69) is 0 Å². The van der Waals surface area contributed by atoms with E-state index >= 15 is 0 Å². The SMILES string of the molecule is Cc1c([N+](=O)[O-])ccc2c1C(=O)c1cc([N+](=O)[O-])ccc1-2. The highest BCUT2D eigenvalue weighted by molar-refractivity contribution is 6.23. The van der Waals surface area contributed by atoms with E-state index in [1.807, 2.05) is 0 Å². The first-order valence-corrected chi connectivity index (χ1v) is 6.03. The summed E-state index contributed by atoms with van der Waals surface area (Å²) in [4.78, 5) is 33.0. The Morgan fingerprint density at radius 3 is 2.19 bits per heavy atom. The molecule has 21 heavy (non-hydrogen) atoms. The second-order valence-electron chi connectivity index (χ2n) is 4.71. The third kappa shape index (κ3) is 1.71. The number of rotatable bonds is 2. The molecule has 0 saturated heterocycles. The van der Waals surface area contributed by atoms with Gasteiger partial charge in [0.15, 0.2) is 5.78 Å². The minimum Gasteiger partial charge on any atom is -0.289 e. The van der Waals surface area contributed by atoms with Gasteiger partial charge in [0.25, 0.3) is 11.4 Å². The predicted molar refractivity (Wildman–Crippen MR) is 73.4 cm³/mol. The summed E-state index contributed by atoms with van der Waals surface area (Å²) in [6.07, 6.45) is 0. The summed E-state index contributed by atoms with van der Waals surface area (Å²) in [5, 5.41) is 21.7. The molecule has 0 bridgehead atoms. The van der Waals surface area contributed by atoms with Crippen LogP contribution in [0.4, 0.5) is 11.4 Å². The molecule has 7 nitrogen and oxygen atoms in total. The maximum Gasteiger partial charge on any atom is 0.273 e. The van der Waals surface area contributed by atoms with Crippen LogP contribution < -0.4 is 0 Å². The van der Waals surface area contributed by atoms with Crippen LogP contribution in [0.3, 0.4) is 0 Å². The zero-order valence-corrected chi connectivity index (χ0v) is 10.8. The van der Waals surface area contributed by atoms with Gasteiger partial charge in [-0.15, -0.1) is 0 Å². The molecule has 2 aromatic carbocycles. The maximum absolute atomic E-state index is 12.4. The quantitative estimate of drug-likeness (QED) is 0.531. The van der Waals surface area contributed by atoms with E-state index in [0.717, 1.165) is 0 Å².